The predicted molar refractivity (Wildman–Crippen MR) is 113 cm³/mol. The molecule has 8 heteroatoms. The summed E-state index contributed by atoms with van der Waals surface area (Å²) in [6.07, 6.45) is 3.58. The SMILES string of the molecule is Cn1ccnc1[C@@H](NC(=O)CCn1c(=O)[nH]c(=O)c2ccccc21)c1ccccc1. The molecule has 30 heavy (non-hydrogen) atoms. The highest BCUT2D eigenvalue weighted by atomic mass is 16.2. The molecule has 2 heterocycles. The molecule has 4 aromatic rings. The lowest BCUT2D eigenvalue weighted by Crippen LogP contribution is -2.34. The second-order valence-electron chi connectivity index (χ2n) is 6.99. The maximum Gasteiger partial charge on any atom is 0.328 e. The number of hydrogen-bond acceptors (Lipinski definition) is 4. The molecule has 8 nitrogen and oxygen atoms in total. The van der Waals surface area contributed by atoms with Crippen LogP contribution in [0.2, 0.25) is 0 Å². The van der Waals surface area contributed by atoms with Gasteiger partial charge in [-0.25, -0.2) is 9.78 Å². The highest BCUT2D eigenvalue weighted by Crippen LogP contribution is 2.20. The van der Waals surface area contributed by atoms with Crippen molar-refractivity contribution in [3.05, 3.63) is 99.2 Å². The maximum absolute atomic E-state index is 12.8. The highest BCUT2D eigenvalue weighted by Gasteiger charge is 2.20. The Bertz CT molecular complexity index is 1300. The quantitative estimate of drug-likeness (QED) is 0.512. The number of carbonyl (C=O) groups is 1. The minimum absolute atomic E-state index is 0.0731. The van der Waals surface area contributed by atoms with Gasteiger partial charge in [-0.1, -0.05) is 42.5 Å². The molecule has 0 saturated heterocycles. The van der Waals surface area contributed by atoms with Crippen LogP contribution in [0.5, 0.6) is 0 Å². The number of nitrogens with zero attached hydrogens (tertiary/aromatic N) is 3. The number of fused-ring (bicyclic) bond motifs is 1. The number of imidazole rings is 1. The minimum Gasteiger partial charge on any atom is -0.342 e. The van der Waals surface area contributed by atoms with E-state index in [1.165, 1.54) is 4.57 Å². The number of H-pyrrole nitrogens is 1. The molecule has 2 aromatic carbocycles. The summed E-state index contributed by atoms with van der Waals surface area (Å²) < 4.78 is 3.27. The summed E-state index contributed by atoms with van der Waals surface area (Å²) in [7, 11) is 1.87. The van der Waals surface area contributed by atoms with Crippen molar-refractivity contribution in [3.8, 4) is 0 Å². The molecule has 0 aliphatic carbocycles. The Hall–Kier alpha value is -3.94. The van der Waals surface area contributed by atoms with Crippen LogP contribution in [0.3, 0.4) is 0 Å². The Labute approximate surface area is 171 Å². The Morgan fingerprint density at radius 3 is 2.57 bits per heavy atom. The summed E-state index contributed by atoms with van der Waals surface area (Å²) >= 11 is 0. The van der Waals surface area contributed by atoms with E-state index in [1.54, 1.807) is 30.5 Å². The normalized spacial score (nSPS) is 12.0. The molecule has 2 N–H and O–H groups in total. The van der Waals surface area contributed by atoms with Crippen molar-refractivity contribution in [2.45, 2.75) is 19.0 Å². The van der Waals surface area contributed by atoms with Gasteiger partial charge in [0.05, 0.1) is 10.9 Å². The first-order valence-electron chi connectivity index (χ1n) is 9.58. The summed E-state index contributed by atoms with van der Waals surface area (Å²) in [4.78, 5) is 43.8. The van der Waals surface area contributed by atoms with Crippen LogP contribution in [-0.4, -0.2) is 25.0 Å². The summed E-state index contributed by atoms with van der Waals surface area (Å²) in [5.41, 5.74) is 0.444. The van der Waals surface area contributed by atoms with Crippen LogP contribution in [0.1, 0.15) is 23.9 Å². The van der Waals surface area contributed by atoms with Gasteiger partial charge in [0.1, 0.15) is 11.9 Å². The number of nitrogens with one attached hydrogen (secondary N) is 2. The van der Waals surface area contributed by atoms with E-state index in [0.717, 1.165) is 5.56 Å². The van der Waals surface area contributed by atoms with Crippen LogP contribution < -0.4 is 16.6 Å². The van der Waals surface area contributed by atoms with Crippen LogP contribution in [0.15, 0.2) is 76.6 Å². The molecule has 0 radical (unpaired) electrons. The topological polar surface area (TPSA) is 102 Å². The molecule has 2 aromatic heterocycles. The fourth-order valence-electron chi connectivity index (χ4n) is 3.51. The standard InChI is InChI=1S/C22H21N5O3/c1-26-14-12-23-20(26)19(15-7-3-2-4-8-15)24-18(28)11-13-27-17-10-6-5-9-16(17)21(29)25-22(27)30/h2-10,12,14,19H,11,13H2,1H3,(H,24,28)(H,25,29,30)/t19-/m0/s1. The van der Waals surface area contributed by atoms with Gasteiger partial charge in [-0.3, -0.25) is 19.1 Å². The van der Waals surface area contributed by atoms with E-state index in [2.05, 4.69) is 15.3 Å². The number of para-hydroxylation sites is 1. The van der Waals surface area contributed by atoms with Crippen molar-refractivity contribution in [1.29, 1.82) is 0 Å². The molecule has 1 amide bonds. The average Bonchev–Trinajstić information content (AvgIpc) is 3.18. The smallest absolute Gasteiger partial charge is 0.328 e. The number of benzene rings is 2. The molecular weight excluding hydrogens is 382 g/mol. The molecule has 0 aliphatic rings. The van der Waals surface area contributed by atoms with Crippen molar-refractivity contribution in [2.24, 2.45) is 7.05 Å². The van der Waals surface area contributed by atoms with Gasteiger partial charge in [0.15, 0.2) is 0 Å². The van der Waals surface area contributed by atoms with Crippen LogP contribution >= 0.6 is 0 Å². The van der Waals surface area contributed by atoms with Crippen LogP contribution in [0.4, 0.5) is 0 Å². The lowest BCUT2D eigenvalue weighted by Gasteiger charge is -2.19. The van der Waals surface area contributed by atoms with Gasteiger partial charge in [0.25, 0.3) is 5.56 Å². The number of rotatable bonds is 6. The summed E-state index contributed by atoms with van der Waals surface area (Å²) in [6, 6.07) is 16.0. The Morgan fingerprint density at radius 2 is 1.83 bits per heavy atom. The van der Waals surface area contributed by atoms with E-state index in [9.17, 15) is 14.4 Å². The van der Waals surface area contributed by atoms with Gasteiger partial charge < -0.3 is 9.88 Å². The van der Waals surface area contributed by atoms with E-state index >= 15 is 0 Å². The van der Waals surface area contributed by atoms with E-state index in [-0.39, 0.29) is 18.9 Å². The molecule has 0 bridgehead atoms. The summed E-state index contributed by atoms with van der Waals surface area (Å²) in [6.45, 7) is 0.143. The first kappa shape index (κ1) is 19.4. The molecule has 0 spiro atoms. The van der Waals surface area contributed by atoms with Gasteiger partial charge in [0, 0.05) is 32.4 Å². The zero-order chi connectivity index (χ0) is 21.1. The number of aryl methyl sites for hydroxylation is 2. The van der Waals surface area contributed by atoms with Crippen molar-refractivity contribution in [2.75, 3.05) is 0 Å². The minimum atomic E-state index is -0.532. The van der Waals surface area contributed by atoms with Gasteiger partial charge >= 0.3 is 5.69 Å². The van der Waals surface area contributed by atoms with E-state index in [0.29, 0.717) is 16.7 Å². The highest BCUT2D eigenvalue weighted by molar-refractivity contribution is 5.79. The first-order chi connectivity index (χ1) is 14.5. The molecule has 152 valence electrons. The third kappa shape index (κ3) is 3.80. The zero-order valence-corrected chi connectivity index (χ0v) is 16.4. The zero-order valence-electron chi connectivity index (χ0n) is 16.4. The maximum atomic E-state index is 12.8. The molecule has 0 saturated carbocycles. The molecule has 0 fully saturated rings. The number of amides is 1. The van der Waals surface area contributed by atoms with Gasteiger partial charge in [-0.2, -0.15) is 0 Å². The number of hydrogen-bond donors (Lipinski definition) is 2. The third-order valence-corrected chi connectivity index (χ3v) is 5.02. The summed E-state index contributed by atoms with van der Waals surface area (Å²) in [5, 5.41) is 3.43. The lowest BCUT2D eigenvalue weighted by molar-refractivity contribution is -0.121. The molecule has 1 atom stereocenters. The Morgan fingerprint density at radius 1 is 1.10 bits per heavy atom. The third-order valence-electron chi connectivity index (χ3n) is 5.02. The van der Waals surface area contributed by atoms with Crippen molar-refractivity contribution in [3.63, 3.8) is 0 Å². The van der Waals surface area contributed by atoms with Gasteiger partial charge in [-0.15, -0.1) is 0 Å². The lowest BCUT2D eigenvalue weighted by atomic mass is 10.1. The Balaban J connectivity index is 1.57. The monoisotopic (exact) mass is 403 g/mol. The largest absolute Gasteiger partial charge is 0.342 e. The molecular formula is C22H21N5O3. The van der Waals surface area contributed by atoms with Crippen LogP contribution in [0.25, 0.3) is 10.9 Å². The van der Waals surface area contributed by atoms with E-state index in [4.69, 9.17) is 0 Å². The van der Waals surface area contributed by atoms with Crippen LogP contribution in [0, 0.1) is 0 Å². The van der Waals surface area contributed by atoms with Gasteiger partial charge in [0.2, 0.25) is 5.91 Å². The molecule has 4 rings (SSSR count). The first-order valence-corrected chi connectivity index (χ1v) is 9.58. The summed E-state index contributed by atoms with van der Waals surface area (Å²) in [5.74, 6) is 0.482. The second-order valence-corrected chi connectivity index (χ2v) is 6.99. The fraction of sp³-hybridized carbons (Fsp3) is 0.182. The second kappa shape index (κ2) is 8.20. The van der Waals surface area contributed by atoms with Crippen LogP contribution in [-0.2, 0) is 18.4 Å². The predicted octanol–water partition coefficient (Wildman–Crippen LogP) is 1.72. The Kier molecular flexibility index (Phi) is 5.30. The number of aromatic nitrogens is 4. The average molecular weight is 403 g/mol. The van der Waals surface area contributed by atoms with E-state index < -0.39 is 17.3 Å². The molecule has 0 unspecified atom stereocenters. The van der Waals surface area contributed by atoms with Gasteiger partial charge in [-0.05, 0) is 17.7 Å². The van der Waals surface area contributed by atoms with Crippen molar-refractivity contribution >= 4 is 16.8 Å². The van der Waals surface area contributed by atoms with Crippen molar-refractivity contribution in [1.82, 2.24) is 24.4 Å². The number of carbonyl (C=O) groups excluding carboxylic acids is 1. The van der Waals surface area contributed by atoms with E-state index in [1.807, 2.05) is 48.1 Å². The number of aromatic amines is 1. The molecule has 0 aliphatic heterocycles. The van der Waals surface area contributed by atoms with Crippen molar-refractivity contribution < 1.29 is 4.79 Å². The fourth-order valence-corrected chi connectivity index (χ4v) is 3.51.